The van der Waals surface area contributed by atoms with Crippen molar-refractivity contribution in [2.45, 2.75) is 18.9 Å². The van der Waals surface area contributed by atoms with Gasteiger partial charge in [0.25, 0.3) is 5.91 Å². The van der Waals surface area contributed by atoms with Crippen LogP contribution in [0.3, 0.4) is 0 Å². The van der Waals surface area contributed by atoms with Crippen LogP contribution in [0, 0.1) is 11.3 Å². The third-order valence-corrected chi connectivity index (χ3v) is 3.09. The largest absolute Gasteiger partial charge is 0.339 e. The van der Waals surface area contributed by atoms with E-state index in [1.54, 1.807) is 24.3 Å². The predicted molar refractivity (Wildman–Crippen MR) is 71.5 cm³/mol. The first kappa shape index (κ1) is 14.5. The molecular formula is C13H16ClN3O. The summed E-state index contributed by atoms with van der Waals surface area (Å²) in [7, 11) is 0. The van der Waals surface area contributed by atoms with Crippen molar-refractivity contribution in [2.24, 2.45) is 5.73 Å². The Morgan fingerprint density at radius 2 is 1.83 bits per heavy atom. The van der Waals surface area contributed by atoms with Gasteiger partial charge in [0.2, 0.25) is 0 Å². The molecule has 1 aliphatic rings. The molecule has 0 aliphatic carbocycles. The van der Waals surface area contributed by atoms with Gasteiger partial charge < -0.3 is 10.6 Å². The molecule has 1 amide bonds. The standard InChI is InChI=1S/C13H15N3O.ClH/c14-9-10-1-3-11(4-2-10)13(17)16-7-5-12(15)6-8-16;/h1-4,12H,5-8,15H2;1H. The number of hydrogen-bond acceptors (Lipinski definition) is 3. The third-order valence-electron chi connectivity index (χ3n) is 3.09. The Bertz CT molecular complexity index is 444. The molecule has 2 N–H and O–H groups in total. The van der Waals surface area contributed by atoms with E-state index < -0.39 is 0 Å². The fourth-order valence-electron chi connectivity index (χ4n) is 1.97. The minimum absolute atomic E-state index is 0. The van der Waals surface area contributed by atoms with Gasteiger partial charge in [0.05, 0.1) is 11.6 Å². The van der Waals surface area contributed by atoms with Crippen molar-refractivity contribution < 1.29 is 4.79 Å². The molecule has 0 saturated carbocycles. The summed E-state index contributed by atoms with van der Waals surface area (Å²) in [5.74, 6) is 0.0291. The van der Waals surface area contributed by atoms with Crippen molar-refractivity contribution in [3.05, 3.63) is 35.4 Å². The average Bonchev–Trinajstić information content (AvgIpc) is 2.39. The summed E-state index contributed by atoms with van der Waals surface area (Å²) in [6.45, 7) is 1.44. The minimum Gasteiger partial charge on any atom is -0.339 e. The maximum absolute atomic E-state index is 12.1. The van der Waals surface area contributed by atoms with Gasteiger partial charge in [-0.2, -0.15) is 5.26 Å². The van der Waals surface area contributed by atoms with Crippen LogP contribution < -0.4 is 5.73 Å². The molecule has 0 spiro atoms. The highest BCUT2D eigenvalue weighted by atomic mass is 35.5. The fraction of sp³-hybridized carbons (Fsp3) is 0.385. The number of likely N-dealkylation sites (tertiary alicyclic amines) is 1. The molecular weight excluding hydrogens is 250 g/mol. The van der Waals surface area contributed by atoms with E-state index in [1.807, 2.05) is 11.0 Å². The Morgan fingerprint density at radius 1 is 1.28 bits per heavy atom. The van der Waals surface area contributed by atoms with Gasteiger partial charge in [-0.25, -0.2) is 0 Å². The zero-order valence-corrected chi connectivity index (χ0v) is 10.8. The number of carbonyl (C=O) groups is 1. The molecule has 1 aliphatic heterocycles. The lowest BCUT2D eigenvalue weighted by molar-refractivity contribution is 0.0715. The zero-order valence-electron chi connectivity index (χ0n) is 10.0. The number of carbonyl (C=O) groups excluding carboxylic acids is 1. The summed E-state index contributed by atoms with van der Waals surface area (Å²) in [6.07, 6.45) is 1.73. The highest BCUT2D eigenvalue weighted by molar-refractivity contribution is 5.94. The van der Waals surface area contributed by atoms with E-state index in [2.05, 4.69) is 0 Å². The zero-order chi connectivity index (χ0) is 12.3. The van der Waals surface area contributed by atoms with Crippen LogP contribution in [-0.4, -0.2) is 29.9 Å². The van der Waals surface area contributed by atoms with E-state index in [0.29, 0.717) is 11.1 Å². The smallest absolute Gasteiger partial charge is 0.253 e. The molecule has 96 valence electrons. The first-order valence-electron chi connectivity index (χ1n) is 5.75. The van der Waals surface area contributed by atoms with Crippen molar-refractivity contribution >= 4 is 18.3 Å². The SMILES string of the molecule is Cl.N#Cc1ccc(C(=O)N2CCC(N)CC2)cc1. The number of benzene rings is 1. The van der Waals surface area contributed by atoms with Gasteiger partial charge in [0, 0.05) is 24.7 Å². The molecule has 0 atom stereocenters. The van der Waals surface area contributed by atoms with Gasteiger partial charge in [-0.3, -0.25) is 4.79 Å². The molecule has 2 rings (SSSR count). The Labute approximate surface area is 113 Å². The summed E-state index contributed by atoms with van der Waals surface area (Å²) in [5.41, 5.74) is 7.01. The monoisotopic (exact) mass is 265 g/mol. The van der Waals surface area contributed by atoms with Crippen LogP contribution in [0.25, 0.3) is 0 Å². The number of nitrogens with zero attached hydrogens (tertiary/aromatic N) is 2. The second-order valence-electron chi connectivity index (χ2n) is 4.32. The average molecular weight is 266 g/mol. The van der Waals surface area contributed by atoms with Crippen LogP contribution in [0.15, 0.2) is 24.3 Å². The second-order valence-corrected chi connectivity index (χ2v) is 4.32. The molecule has 1 aromatic carbocycles. The maximum atomic E-state index is 12.1. The molecule has 0 bridgehead atoms. The van der Waals surface area contributed by atoms with Crippen LogP contribution in [0.1, 0.15) is 28.8 Å². The number of nitrogens with two attached hydrogens (primary N) is 1. The van der Waals surface area contributed by atoms with Gasteiger partial charge in [-0.1, -0.05) is 0 Å². The lowest BCUT2D eigenvalue weighted by atomic mass is 10.0. The number of piperidine rings is 1. The summed E-state index contributed by atoms with van der Waals surface area (Å²) < 4.78 is 0. The Kier molecular flexibility index (Phi) is 5.14. The normalized spacial score (nSPS) is 15.7. The predicted octanol–water partition coefficient (Wildman–Crippen LogP) is 1.54. The van der Waals surface area contributed by atoms with Gasteiger partial charge >= 0.3 is 0 Å². The highest BCUT2D eigenvalue weighted by Crippen LogP contribution is 2.13. The van der Waals surface area contributed by atoms with Crippen LogP contribution in [0.4, 0.5) is 0 Å². The lowest BCUT2D eigenvalue weighted by Crippen LogP contribution is -2.42. The van der Waals surface area contributed by atoms with E-state index in [9.17, 15) is 4.79 Å². The summed E-state index contributed by atoms with van der Waals surface area (Å²) in [6, 6.07) is 9.01. The van der Waals surface area contributed by atoms with Gasteiger partial charge in [-0.05, 0) is 37.1 Å². The maximum Gasteiger partial charge on any atom is 0.253 e. The Balaban J connectivity index is 0.00000162. The van der Waals surface area contributed by atoms with Crippen molar-refractivity contribution in [1.29, 1.82) is 5.26 Å². The van der Waals surface area contributed by atoms with E-state index in [4.69, 9.17) is 11.0 Å². The summed E-state index contributed by atoms with van der Waals surface area (Å²) in [5, 5.41) is 8.69. The minimum atomic E-state index is 0. The van der Waals surface area contributed by atoms with E-state index in [0.717, 1.165) is 25.9 Å². The third kappa shape index (κ3) is 3.22. The molecule has 18 heavy (non-hydrogen) atoms. The summed E-state index contributed by atoms with van der Waals surface area (Å²) >= 11 is 0. The molecule has 0 aromatic heterocycles. The Morgan fingerprint density at radius 3 is 2.33 bits per heavy atom. The van der Waals surface area contributed by atoms with Crippen LogP contribution in [0.5, 0.6) is 0 Å². The van der Waals surface area contributed by atoms with Crippen molar-refractivity contribution in [1.82, 2.24) is 4.90 Å². The van der Waals surface area contributed by atoms with E-state index >= 15 is 0 Å². The van der Waals surface area contributed by atoms with Crippen LogP contribution >= 0.6 is 12.4 Å². The molecule has 1 saturated heterocycles. The number of halogens is 1. The van der Waals surface area contributed by atoms with Crippen molar-refractivity contribution in [2.75, 3.05) is 13.1 Å². The molecule has 1 fully saturated rings. The molecule has 1 heterocycles. The molecule has 4 nitrogen and oxygen atoms in total. The first-order valence-corrected chi connectivity index (χ1v) is 5.75. The number of rotatable bonds is 1. The van der Waals surface area contributed by atoms with Gasteiger partial charge in [0.1, 0.15) is 0 Å². The fourth-order valence-corrected chi connectivity index (χ4v) is 1.97. The number of nitriles is 1. The van der Waals surface area contributed by atoms with Crippen LogP contribution in [-0.2, 0) is 0 Å². The molecule has 1 aromatic rings. The second kappa shape index (κ2) is 6.39. The Hall–Kier alpha value is -1.57. The van der Waals surface area contributed by atoms with Crippen molar-refractivity contribution in [3.8, 4) is 6.07 Å². The van der Waals surface area contributed by atoms with Gasteiger partial charge in [0.15, 0.2) is 0 Å². The molecule has 5 heteroatoms. The number of hydrogen-bond donors (Lipinski definition) is 1. The number of amides is 1. The molecule has 0 unspecified atom stereocenters. The lowest BCUT2D eigenvalue weighted by Gasteiger charge is -2.30. The van der Waals surface area contributed by atoms with Gasteiger partial charge in [-0.15, -0.1) is 12.4 Å². The van der Waals surface area contributed by atoms with Crippen LogP contribution in [0.2, 0.25) is 0 Å². The quantitative estimate of drug-likeness (QED) is 0.837. The summed E-state index contributed by atoms with van der Waals surface area (Å²) in [4.78, 5) is 13.9. The topological polar surface area (TPSA) is 70.1 Å². The first-order chi connectivity index (χ1) is 8.20. The molecule has 0 radical (unpaired) electrons. The highest BCUT2D eigenvalue weighted by Gasteiger charge is 2.21. The van der Waals surface area contributed by atoms with Crippen molar-refractivity contribution in [3.63, 3.8) is 0 Å². The van der Waals surface area contributed by atoms with E-state index in [-0.39, 0.29) is 24.4 Å². The van der Waals surface area contributed by atoms with E-state index in [1.165, 1.54) is 0 Å².